The average Bonchev–Trinajstić information content (AvgIpc) is 2.72. The summed E-state index contributed by atoms with van der Waals surface area (Å²) in [6.07, 6.45) is -4.50. The van der Waals surface area contributed by atoms with E-state index >= 15 is 0 Å². The number of fused-ring (bicyclic) bond motifs is 1. The van der Waals surface area contributed by atoms with E-state index in [0.717, 1.165) is 22.8 Å². The second kappa shape index (κ2) is 7.95. The first-order valence-corrected chi connectivity index (χ1v) is 9.67. The molecule has 0 aliphatic rings. The summed E-state index contributed by atoms with van der Waals surface area (Å²) in [7, 11) is 1.58. The Bertz CT molecular complexity index is 1320. The van der Waals surface area contributed by atoms with Crippen molar-refractivity contribution in [1.29, 1.82) is 0 Å². The smallest absolute Gasteiger partial charge is 0.418 e. The molecule has 0 bridgehead atoms. The van der Waals surface area contributed by atoms with Crippen LogP contribution in [-0.2, 0) is 6.18 Å². The lowest BCUT2D eigenvalue weighted by Gasteiger charge is -2.11. The third-order valence-corrected chi connectivity index (χ3v) is 5.01. The summed E-state index contributed by atoms with van der Waals surface area (Å²) >= 11 is 0. The van der Waals surface area contributed by atoms with Gasteiger partial charge in [-0.15, -0.1) is 0 Å². The maximum Gasteiger partial charge on any atom is 0.418 e. The predicted octanol–water partition coefficient (Wildman–Crippen LogP) is 6.98. The number of hydrogen-bond donors (Lipinski definition) is 0. The van der Waals surface area contributed by atoms with Crippen LogP contribution >= 0.6 is 0 Å². The van der Waals surface area contributed by atoms with Crippen LogP contribution in [0.4, 0.5) is 18.9 Å². The van der Waals surface area contributed by atoms with Crippen molar-refractivity contribution in [2.75, 3.05) is 7.11 Å². The van der Waals surface area contributed by atoms with E-state index in [1.165, 1.54) is 12.1 Å². The molecule has 0 aliphatic heterocycles. The number of alkyl halides is 3. The number of ether oxygens (including phenoxy) is 1. The predicted molar refractivity (Wildman–Crippen MR) is 114 cm³/mol. The lowest BCUT2D eigenvalue weighted by Crippen LogP contribution is -2.08. The molecule has 0 atom stereocenters. The molecule has 1 heterocycles. The molecule has 0 aliphatic carbocycles. The zero-order valence-electron chi connectivity index (χ0n) is 17.2. The standard InChI is InChI=1S/C25H20F3NO2/c1-15-12-16(2)24-21(29-20-7-5-4-6-19(20)25(26,27)28)14-22(31-23(24)13-15)17-8-10-18(30-3)11-9-17/h4-14H,1-3H3. The van der Waals surface area contributed by atoms with E-state index in [2.05, 4.69) is 4.99 Å². The molecule has 0 N–H and O–H groups in total. The second-order valence-corrected chi connectivity index (χ2v) is 7.31. The molecule has 0 saturated carbocycles. The maximum atomic E-state index is 13.5. The normalized spacial score (nSPS) is 12.4. The van der Waals surface area contributed by atoms with Gasteiger partial charge in [0.15, 0.2) is 0 Å². The van der Waals surface area contributed by atoms with Crippen LogP contribution in [0.25, 0.3) is 22.3 Å². The van der Waals surface area contributed by atoms with Crippen LogP contribution in [0.1, 0.15) is 16.7 Å². The van der Waals surface area contributed by atoms with Crippen LogP contribution in [0.3, 0.4) is 0 Å². The molecule has 158 valence electrons. The van der Waals surface area contributed by atoms with Crippen molar-refractivity contribution in [2.24, 2.45) is 4.99 Å². The van der Waals surface area contributed by atoms with Gasteiger partial charge in [0.05, 0.1) is 23.7 Å². The zero-order valence-corrected chi connectivity index (χ0v) is 17.2. The second-order valence-electron chi connectivity index (χ2n) is 7.31. The monoisotopic (exact) mass is 423 g/mol. The molecule has 0 saturated heterocycles. The molecule has 0 spiro atoms. The largest absolute Gasteiger partial charge is 0.497 e. The molecule has 31 heavy (non-hydrogen) atoms. The van der Waals surface area contributed by atoms with Gasteiger partial charge in [0, 0.05) is 17.0 Å². The minimum absolute atomic E-state index is 0.136. The van der Waals surface area contributed by atoms with Gasteiger partial charge < -0.3 is 9.15 Å². The summed E-state index contributed by atoms with van der Waals surface area (Å²) in [6.45, 7) is 3.84. The summed E-state index contributed by atoms with van der Waals surface area (Å²) in [4.78, 5) is 4.44. The van der Waals surface area contributed by atoms with Gasteiger partial charge in [-0.3, -0.25) is 0 Å². The van der Waals surface area contributed by atoms with E-state index in [1.54, 1.807) is 31.4 Å². The van der Waals surface area contributed by atoms with E-state index < -0.39 is 11.7 Å². The van der Waals surface area contributed by atoms with Crippen LogP contribution in [0.5, 0.6) is 5.75 Å². The number of para-hydroxylation sites is 1. The molecule has 0 unspecified atom stereocenters. The lowest BCUT2D eigenvalue weighted by atomic mass is 10.0. The highest BCUT2D eigenvalue weighted by Gasteiger charge is 2.33. The third-order valence-electron chi connectivity index (χ3n) is 5.01. The molecule has 3 aromatic carbocycles. The van der Waals surface area contributed by atoms with Gasteiger partial charge in [-0.2, -0.15) is 13.2 Å². The number of halogens is 3. The molecule has 4 aromatic rings. The highest BCUT2D eigenvalue weighted by molar-refractivity contribution is 5.83. The van der Waals surface area contributed by atoms with Crippen molar-refractivity contribution >= 4 is 16.7 Å². The van der Waals surface area contributed by atoms with Crippen molar-refractivity contribution in [1.82, 2.24) is 0 Å². The van der Waals surface area contributed by atoms with Crippen LogP contribution in [0, 0.1) is 13.8 Å². The van der Waals surface area contributed by atoms with Crippen LogP contribution in [0.2, 0.25) is 0 Å². The molecule has 0 amide bonds. The molecule has 6 heteroatoms. The summed E-state index contributed by atoms with van der Waals surface area (Å²) in [5.41, 5.74) is 2.28. The first kappa shape index (κ1) is 20.7. The minimum Gasteiger partial charge on any atom is -0.497 e. The van der Waals surface area contributed by atoms with Crippen molar-refractivity contribution < 1.29 is 22.3 Å². The van der Waals surface area contributed by atoms with Crippen LogP contribution in [-0.4, -0.2) is 7.11 Å². The van der Waals surface area contributed by atoms with Crippen molar-refractivity contribution in [2.45, 2.75) is 20.0 Å². The quantitative estimate of drug-likeness (QED) is 0.356. The Morgan fingerprint density at radius 2 is 1.61 bits per heavy atom. The number of methoxy groups -OCH3 is 1. The lowest BCUT2D eigenvalue weighted by molar-refractivity contribution is -0.137. The van der Waals surface area contributed by atoms with Gasteiger partial charge >= 0.3 is 6.18 Å². The van der Waals surface area contributed by atoms with Crippen LogP contribution in [0.15, 0.2) is 76.1 Å². The van der Waals surface area contributed by atoms with E-state index in [-0.39, 0.29) is 5.69 Å². The van der Waals surface area contributed by atoms with Crippen molar-refractivity contribution in [3.8, 4) is 17.1 Å². The molecular weight excluding hydrogens is 403 g/mol. The summed E-state index contributed by atoms with van der Waals surface area (Å²) < 4.78 is 51.9. The molecule has 0 radical (unpaired) electrons. The van der Waals surface area contributed by atoms with E-state index in [0.29, 0.717) is 27.8 Å². The summed E-state index contributed by atoms with van der Waals surface area (Å²) in [6, 6.07) is 18.1. The first-order valence-electron chi connectivity index (χ1n) is 9.67. The number of nitrogens with zero attached hydrogens (tertiary/aromatic N) is 1. The Labute approximate surface area is 177 Å². The number of rotatable bonds is 3. The van der Waals surface area contributed by atoms with E-state index in [1.807, 2.05) is 38.1 Å². The SMILES string of the molecule is COc1ccc(-c2cc(=Nc3ccccc3C(F)(F)F)c3c(C)cc(C)cc3o2)cc1. The molecule has 4 rings (SSSR count). The first-order chi connectivity index (χ1) is 14.8. The van der Waals surface area contributed by atoms with Crippen molar-refractivity contribution in [3.63, 3.8) is 0 Å². The Balaban J connectivity index is 2.03. The Morgan fingerprint density at radius 3 is 2.29 bits per heavy atom. The fraction of sp³-hybridized carbons (Fsp3) is 0.160. The minimum atomic E-state index is -4.50. The summed E-state index contributed by atoms with van der Waals surface area (Å²) in [5, 5.41) is 1.10. The Kier molecular flexibility index (Phi) is 5.31. The van der Waals surface area contributed by atoms with Gasteiger partial charge in [0.1, 0.15) is 17.1 Å². The fourth-order valence-electron chi connectivity index (χ4n) is 3.61. The van der Waals surface area contributed by atoms with Gasteiger partial charge in [-0.1, -0.05) is 18.2 Å². The van der Waals surface area contributed by atoms with E-state index in [9.17, 15) is 13.2 Å². The Morgan fingerprint density at radius 1 is 0.903 bits per heavy atom. The van der Waals surface area contributed by atoms with Crippen LogP contribution < -0.4 is 10.1 Å². The molecule has 0 fully saturated rings. The van der Waals surface area contributed by atoms with Gasteiger partial charge in [0.25, 0.3) is 0 Å². The van der Waals surface area contributed by atoms with E-state index in [4.69, 9.17) is 9.15 Å². The zero-order chi connectivity index (χ0) is 22.2. The van der Waals surface area contributed by atoms with Crippen molar-refractivity contribution in [3.05, 3.63) is 88.8 Å². The molecular formula is C25H20F3NO2. The average molecular weight is 423 g/mol. The Hall–Kier alpha value is -3.54. The number of aryl methyl sites for hydroxylation is 2. The maximum absolute atomic E-state index is 13.5. The summed E-state index contributed by atoms with van der Waals surface area (Å²) in [5.74, 6) is 1.20. The van der Waals surface area contributed by atoms with Gasteiger partial charge in [0.2, 0.25) is 0 Å². The molecule has 1 aromatic heterocycles. The topological polar surface area (TPSA) is 34.7 Å². The highest BCUT2D eigenvalue weighted by Crippen LogP contribution is 2.36. The van der Waals surface area contributed by atoms with Gasteiger partial charge in [-0.25, -0.2) is 4.99 Å². The highest BCUT2D eigenvalue weighted by atomic mass is 19.4. The fourth-order valence-corrected chi connectivity index (χ4v) is 3.61. The molecule has 3 nitrogen and oxygen atoms in total. The number of benzene rings is 3. The van der Waals surface area contributed by atoms with Gasteiger partial charge in [-0.05, 0) is 67.4 Å². The number of hydrogen-bond acceptors (Lipinski definition) is 3. The third kappa shape index (κ3) is 4.19.